The van der Waals surface area contributed by atoms with Crippen LogP contribution in [0.2, 0.25) is 0 Å². The molecule has 1 N–H and O–H groups in total. The quantitative estimate of drug-likeness (QED) is 0.354. The van der Waals surface area contributed by atoms with Crippen LogP contribution in [0.1, 0.15) is 19.4 Å². The van der Waals surface area contributed by atoms with Gasteiger partial charge in [0.2, 0.25) is 0 Å². The Bertz CT molecular complexity index is 939. The number of anilines is 2. The third-order valence-electron chi connectivity index (χ3n) is 4.47. The summed E-state index contributed by atoms with van der Waals surface area (Å²) < 4.78 is 10.8. The van der Waals surface area contributed by atoms with Crippen molar-refractivity contribution in [3.63, 3.8) is 0 Å². The number of carbonyl (C=O) groups excluding carboxylic acids is 1. The molecule has 0 unspecified atom stereocenters. The van der Waals surface area contributed by atoms with Crippen LogP contribution < -0.4 is 19.7 Å². The van der Waals surface area contributed by atoms with Crippen LogP contribution >= 0.6 is 0 Å². The SMILES string of the molecule is C=CCOc1ccc(/C=C(/C#N)C(=O)Nc2ccc(N(CC)CC)cc2)cc1OC. The molecular weight excluding hydrogens is 378 g/mol. The Hall–Kier alpha value is -3.72. The average molecular weight is 405 g/mol. The largest absolute Gasteiger partial charge is 0.493 e. The fourth-order valence-electron chi connectivity index (χ4n) is 2.90. The Morgan fingerprint density at radius 1 is 1.17 bits per heavy atom. The number of ether oxygens (including phenoxy) is 2. The maximum absolute atomic E-state index is 12.6. The second-order valence-corrected chi connectivity index (χ2v) is 6.35. The summed E-state index contributed by atoms with van der Waals surface area (Å²) in [6.45, 7) is 9.97. The fraction of sp³-hybridized carbons (Fsp3) is 0.250. The van der Waals surface area contributed by atoms with Crippen LogP contribution in [0.4, 0.5) is 11.4 Å². The minimum absolute atomic E-state index is 0.00960. The van der Waals surface area contributed by atoms with Gasteiger partial charge in [0.25, 0.3) is 5.91 Å². The van der Waals surface area contributed by atoms with Crippen molar-refractivity contribution in [2.45, 2.75) is 13.8 Å². The minimum Gasteiger partial charge on any atom is -0.493 e. The van der Waals surface area contributed by atoms with Crippen molar-refractivity contribution in [2.24, 2.45) is 0 Å². The lowest BCUT2D eigenvalue weighted by molar-refractivity contribution is -0.112. The number of carbonyl (C=O) groups is 1. The highest BCUT2D eigenvalue weighted by Crippen LogP contribution is 2.29. The summed E-state index contributed by atoms with van der Waals surface area (Å²) in [5.41, 5.74) is 2.36. The molecule has 0 aliphatic rings. The number of hydrogen-bond acceptors (Lipinski definition) is 5. The van der Waals surface area contributed by atoms with E-state index in [2.05, 4.69) is 30.6 Å². The standard InChI is InChI=1S/C24H27N3O3/c1-5-14-30-22-13-8-18(16-23(22)29-4)15-19(17-25)24(28)26-20-9-11-21(12-10-20)27(6-2)7-3/h5,8-13,15-16H,1,6-7,14H2,2-4H3,(H,26,28)/b19-15-. The van der Waals surface area contributed by atoms with E-state index in [1.807, 2.05) is 30.3 Å². The van der Waals surface area contributed by atoms with Gasteiger partial charge in [0.1, 0.15) is 18.2 Å². The van der Waals surface area contributed by atoms with E-state index in [0.29, 0.717) is 29.4 Å². The molecular formula is C24H27N3O3. The molecule has 2 rings (SSSR count). The molecule has 0 spiro atoms. The van der Waals surface area contributed by atoms with Gasteiger partial charge < -0.3 is 19.7 Å². The van der Waals surface area contributed by atoms with Crippen molar-refractivity contribution in [1.29, 1.82) is 5.26 Å². The summed E-state index contributed by atoms with van der Waals surface area (Å²) in [7, 11) is 1.53. The Morgan fingerprint density at radius 2 is 1.87 bits per heavy atom. The Labute approximate surface area is 178 Å². The zero-order chi connectivity index (χ0) is 21.9. The van der Waals surface area contributed by atoms with Crippen molar-refractivity contribution in [2.75, 3.05) is 37.0 Å². The second-order valence-electron chi connectivity index (χ2n) is 6.35. The molecule has 6 nitrogen and oxygen atoms in total. The summed E-state index contributed by atoms with van der Waals surface area (Å²) in [6.07, 6.45) is 3.15. The highest BCUT2D eigenvalue weighted by molar-refractivity contribution is 6.09. The smallest absolute Gasteiger partial charge is 0.266 e. The third kappa shape index (κ3) is 5.89. The molecule has 1 amide bonds. The lowest BCUT2D eigenvalue weighted by Gasteiger charge is -2.21. The van der Waals surface area contributed by atoms with Gasteiger partial charge in [0, 0.05) is 24.5 Å². The molecule has 156 valence electrons. The molecule has 0 heterocycles. The monoisotopic (exact) mass is 405 g/mol. The minimum atomic E-state index is -0.473. The molecule has 0 aromatic heterocycles. The highest BCUT2D eigenvalue weighted by atomic mass is 16.5. The molecule has 2 aromatic carbocycles. The van der Waals surface area contributed by atoms with Crippen LogP contribution in [-0.4, -0.2) is 32.7 Å². The average Bonchev–Trinajstić information content (AvgIpc) is 2.78. The first-order valence-electron chi connectivity index (χ1n) is 9.76. The number of hydrogen-bond donors (Lipinski definition) is 1. The maximum atomic E-state index is 12.6. The predicted octanol–water partition coefficient (Wildman–Crippen LogP) is 4.65. The number of nitrogens with zero attached hydrogens (tertiary/aromatic N) is 2. The van der Waals surface area contributed by atoms with E-state index in [9.17, 15) is 10.1 Å². The van der Waals surface area contributed by atoms with Gasteiger partial charge in [-0.25, -0.2) is 0 Å². The van der Waals surface area contributed by atoms with Crippen molar-refractivity contribution in [1.82, 2.24) is 0 Å². The molecule has 0 bridgehead atoms. The lowest BCUT2D eigenvalue weighted by atomic mass is 10.1. The van der Waals surface area contributed by atoms with Gasteiger partial charge in [0.15, 0.2) is 11.5 Å². The molecule has 0 fully saturated rings. The summed E-state index contributed by atoms with van der Waals surface area (Å²) in [4.78, 5) is 14.8. The van der Waals surface area contributed by atoms with Crippen LogP contribution in [-0.2, 0) is 4.79 Å². The zero-order valence-corrected chi connectivity index (χ0v) is 17.6. The Balaban J connectivity index is 2.17. The summed E-state index contributed by atoms with van der Waals surface area (Å²) in [6, 6.07) is 14.7. The molecule has 0 saturated heterocycles. The molecule has 0 aliphatic carbocycles. The van der Waals surface area contributed by atoms with Crippen molar-refractivity contribution in [3.05, 3.63) is 66.3 Å². The van der Waals surface area contributed by atoms with Crippen LogP contribution in [0.3, 0.4) is 0 Å². The van der Waals surface area contributed by atoms with Crippen LogP contribution in [0.15, 0.2) is 60.7 Å². The first kappa shape index (κ1) is 22.6. The van der Waals surface area contributed by atoms with Crippen molar-refractivity contribution in [3.8, 4) is 17.6 Å². The normalized spacial score (nSPS) is 10.7. The topological polar surface area (TPSA) is 74.6 Å². The molecule has 0 radical (unpaired) electrons. The third-order valence-corrected chi connectivity index (χ3v) is 4.47. The number of benzene rings is 2. The molecule has 30 heavy (non-hydrogen) atoms. The van der Waals surface area contributed by atoms with Crippen LogP contribution in [0, 0.1) is 11.3 Å². The first-order valence-corrected chi connectivity index (χ1v) is 9.76. The molecule has 2 aromatic rings. The number of methoxy groups -OCH3 is 1. The van der Waals surface area contributed by atoms with E-state index in [-0.39, 0.29) is 5.57 Å². The van der Waals surface area contributed by atoms with Gasteiger partial charge in [-0.3, -0.25) is 4.79 Å². The van der Waals surface area contributed by atoms with E-state index < -0.39 is 5.91 Å². The molecule has 0 aliphatic heterocycles. The number of nitriles is 1. The highest BCUT2D eigenvalue weighted by Gasteiger charge is 2.12. The fourth-order valence-corrected chi connectivity index (χ4v) is 2.90. The Kier molecular flexibility index (Phi) is 8.52. The van der Waals surface area contributed by atoms with E-state index in [0.717, 1.165) is 18.8 Å². The van der Waals surface area contributed by atoms with Gasteiger partial charge in [-0.2, -0.15) is 5.26 Å². The van der Waals surface area contributed by atoms with Gasteiger partial charge in [-0.15, -0.1) is 0 Å². The lowest BCUT2D eigenvalue weighted by Crippen LogP contribution is -2.21. The van der Waals surface area contributed by atoms with Gasteiger partial charge in [-0.1, -0.05) is 18.7 Å². The second kappa shape index (κ2) is 11.3. The van der Waals surface area contributed by atoms with Gasteiger partial charge in [-0.05, 0) is 61.9 Å². The number of amides is 1. The van der Waals surface area contributed by atoms with Crippen molar-refractivity contribution >= 4 is 23.4 Å². The van der Waals surface area contributed by atoms with E-state index in [4.69, 9.17) is 9.47 Å². The van der Waals surface area contributed by atoms with E-state index >= 15 is 0 Å². The van der Waals surface area contributed by atoms with Gasteiger partial charge >= 0.3 is 0 Å². The molecule has 6 heteroatoms. The summed E-state index contributed by atoms with van der Waals surface area (Å²) in [5.74, 6) is 0.597. The maximum Gasteiger partial charge on any atom is 0.266 e. The predicted molar refractivity (Wildman–Crippen MR) is 121 cm³/mol. The molecule has 0 atom stereocenters. The van der Waals surface area contributed by atoms with Crippen LogP contribution in [0.25, 0.3) is 6.08 Å². The van der Waals surface area contributed by atoms with E-state index in [1.54, 1.807) is 24.3 Å². The molecule has 0 saturated carbocycles. The van der Waals surface area contributed by atoms with Gasteiger partial charge in [0.05, 0.1) is 7.11 Å². The Morgan fingerprint density at radius 3 is 2.43 bits per heavy atom. The zero-order valence-electron chi connectivity index (χ0n) is 17.6. The van der Waals surface area contributed by atoms with Crippen LogP contribution in [0.5, 0.6) is 11.5 Å². The summed E-state index contributed by atoms with van der Waals surface area (Å²) in [5, 5.41) is 12.2. The van der Waals surface area contributed by atoms with E-state index in [1.165, 1.54) is 13.2 Å². The van der Waals surface area contributed by atoms with Crippen molar-refractivity contribution < 1.29 is 14.3 Å². The number of rotatable bonds is 10. The summed E-state index contributed by atoms with van der Waals surface area (Å²) >= 11 is 0. The number of nitrogens with one attached hydrogen (secondary N) is 1. The first-order chi connectivity index (χ1) is 14.6.